The summed E-state index contributed by atoms with van der Waals surface area (Å²) in [4.78, 5) is 34.3. The number of amides is 1. The summed E-state index contributed by atoms with van der Waals surface area (Å²) in [5.41, 5.74) is 1.83. The first-order valence-corrected chi connectivity index (χ1v) is 7.00. The topological polar surface area (TPSA) is 108 Å². The molecular weight excluding hydrogens is 296 g/mol. The molecule has 0 spiro atoms. The average Bonchev–Trinajstić information content (AvgIpc) is 2.98. The normalized spacial score (nSPS) is 12.0. The van der Waals surface area contributed by atoms with Crippen LogP contribution in [0.1, 0.15) is 16.1 Å². The van der Waals surface area contributed by atoms with Crippen LogP contribution in [-0.4, -0.2) is 38.0 Å². The molecule has 3 rings (SSSR count). The van der Waals surface area contributed by atoms with Crippen molar-refractivity contribution in [1.29, 1.82) is 0 Å². The third kappa shape index (κ3) is 3.18. The van der Waals surface area contributed by atoms with Crippen molar-refractivity contribution in [2.24, 2.45) is 0 Å². The highest BCUT2D eigenvalue weighted by molar-refractivity contribution is 5.95. The summed E-state index contributed by atoms with van der Waals surface area (Å²) in [6.45, 7) is 0. The van der Waals surface area contributed by atoms with E-state index >= 15 is 0 Å². The van der Waals surface area contributed by atoms with Gasteiger partial charge in [-0.2, -0.15) is 0 Å². The summed E-state index contributed by atoms with van der Waals surface area (Å²) in [5, 5.41) is 12.8. The Balaban J connectivity index is 1.80. The number of hydrogen-bond donors (Lipinski definition) is 3. The second-order valence-electron chi connectivity index (χ2n) is 5.02. The van der Waals surface area contributed by atoms with Crippen LogP contribution < -0.4 is 5.32 Å². The second kappa shape index (κ2) is 6.27. The van der Waals surface area contributed by atoms with Gasteiger partial charge in [0.15, 0.2) is 0 Å². The lowest BCUT2D eigenvalue weighted by Crippen LogP contribution is -2.42. The maximum absolute atomic E-state index is 12.1. The number of H-pyrrole nitrogens is 1. The number of fused-ring (bicyclic) bond motifs is 1. The van der Waals surface area contributed by atoms with Gasteiger partial charge in [0.05, 0.1) is 6.20 Å². The minimum absolute atomic E-state index is 0.0812. The number of aliphatic carboxylic acids is 1. The van der Waals surface area contributed by atoms with Crippen LogP contribution in [0.25, 0.3) is 10.9 Å². The highest BCUT2D eigenvalue weighted by atomic mass is 16.4. The fourth-order valence-electron chi connectivity index (χ4n) is 2.37. The van der Waals surface area contributed by atoms with E-state index in [9.17, 15) is 14.7 Å². The van der Waals surface area contributed by atoms with Crippen LogP contribution in [0.3, 0.4) is 0 Å². The molecule has 3 N–H and O–H groups in total. The average molecular weight is 310 g/mol. The molecule has 0 aliphatic carbocycles. The van der Waals surface area contributed by atoms with Crippen LogP contribution in [-0.2, 0) is 11.2 Å². The van der Waals surface area contributed by atoms with Crippen molar-refractivity contribution in [2.75, 3.05) is 0 Å². The van der Waals surface area contributed by atoms with E-state index in [2.05, 4.69) is 20.3 Å². The summed E-state index contributed by atoms with van der Waals surface area (Å²) < 4.78 is 0. The number of carboxylic acid groups (broad SMARTS) is 1. The largest absolute Gasteiger partial charge is 0.480 e. The molecular formula is C16H14N4O3. The molecule has 1 amide bonds. The van der Waals surface area contributed by atoms with Crippen LogP contribution in [0.2, 0.25) is 0 Å². The third-order valence-electron chi connectivity index (χ3n) is 3.50. The molecule has 116 valence electrons. The van der Waals surface area contributed by atoms with Gasteiger partial charge in [0, 0.05) is 35.9 Å². The molecule has 0 fully saturated rings. The molecule has 0 aliphatic heterocycles. The lowest BCUT2D eigenvalue weighted by atomic mass is 10.0. The molecule has 1 unspecified atom stereocenters. The van der Waals surface area contributed by atoms with E-state index in [1.165, 1.54) is 18.6 Å². The second-order valence-corrected chi connectivity index (χ2v) is 5.02. The lowest BCUT2D eigenvalue weighted by Gasteiger charge is -2.13. The minimum Gasteiger partial charge on any atom is -0.480 e. The molecule has 1 atom stereocenters. The molecule has 0 bridgehead atoms. The van der Waals surface area contributed by atoms with E-state index in [1.807, 2.05) is 24.3 Å². The van der Waals surface area contributed by atoms with E-state index < -0.39 is 17.9 Å². The predicted octanol–water partition coefficient (Wildman–Crippen LogP) is 1.38. The quantitative estimate of drug-likeness (QED) is 0.660. The molecule has 0 radical (unpaired) electrons. The van der Waals surface area contributed by atoms with Gasteiger partial charge in [-0.15, -0.1) is 0 Å². The van der Waals surface area contributed by atoms with Crippen molar-refractivity contribution in [1.82, 2.24) is 20.3 Å². The number of carbonyl (C=O) groups excluding carboxylic acids is 1. The maximum atomic E-state index is 12.1. The van der Waals surface area contributed by atoms with Gasteiger partial charge in [-0.3, -0.25) is 9.78 Å². The van der Waals surface area contributed by atoms with Crippen LogP contribution in [0.5, 0.6) is 0 Å². The first-order chi connectivity index (χ1) is 11.1. The lowest BCUT2D eigenvalue weighted by molar-refractivity contribution is -0.139. The number of nitrogens with zero attached hydrogens (tertiary/aromatic N) is 2. The molecule has 2 heterocycles. The van der Waals surface area contributed by atoms with Gasteiger partial charge in [0.1, 0.15) is 11.7 Å². The van der Waals surface area contributed by atoms with Crippen molar-refractivity contribution >= 4 is 22.8 Å². The van der Waals surface area contributed by atoms with Crippen molar-refractivity contribution in [3.63, 3.8) is 0 Å². The van der Waals surface area contributed by atoms with Crippen LogP contribution in [0.4, 0.5) is 0 Å². The van der Waals surface area contributed by atoms with Gasteiger partial charge >= 0.3 is 5.97 Å². The first kappa shape index (κ1) is 14.7. The molecule has 23 heavy (non-hydrogen) atoms. The molecule has 0 saturated heterocycles. The Hall–Kier alpha value is -3.22. The summed E-state index contributed by atoms with van der Waals surface area (Å²) >= 11 is 0. The van der Waals surface area contributed by atoms with E-state index in [-0.39, 0.29) is 12.1 Å². The number of aromatic amines is 1. The van der Waals surface area contributed by atoms with E-state index in [0.29, 0.717) is 0 Å². The Morgan fingerprint density at radius 2 is 2.09 bits per heavy atom. The molecule has 0 aliphatic rings. The highest BCUT2D eigenvalue weighted by Gasteiger charge is 2.23. The van der Waals surface area contributed by atoms with Crippen molar-refractivity contribution < 1.29 is 14.7 Å². The molecule has 3 aromatic rings. The first-order valence-electron chi connectivity index (χ1n) is 7.00. The van der Waals surface area contributed by atoms with Gasteiger partial charge in [0.25, 0.3) is 5.91 Å². The van der Waals surface area contributed by atoms with Gasteiger partial charge < -0.3 is 15.4 Å². The zero-order valence-corrected chi connectivity index (χ0v) is 12.1. The summed E-state index contributed by atoms with van der Waals surface area (Å²) in [6, 6.07) is 6.54. The Labute approximate surface area is 131 Å². The number of nitrogens with one attached hydrogen (secondary N) is 2. The third-order valence-corrected chi connectivity index (χ3v) is 3.50. The van der Waals surface area contributed by atoms with Crippen molar-refractivity contribution in [2.45, 2.75) is 12.5 Å². The number of hydrogen-bond acceptors (Lipinski definition) is 4. The fraction of sp³-hybridized carbons (Fsp3) is 0.125. The highest BCUT2D eigenvalue weighted by Crippen LogP contribution is 2.19. The molecule has 0 saturated carbocycles. The van der Waals surface area contributed by atoms with Crippen LogP contribution in [0.15, 0.2) is 49.1 Å². The van der Waals surface area contributed by atoms with E-state index in [0.717, 1.165) is 16.5 Å². The Bertz CT molecular complexity index is 845. The number of carbonyl (C=O) groups is 2. The predicted molar refractivity (Wildman–Crippen MR) is 82.9 cm³/mol. The van der Waals surface area contributed by atoms with Gasteiger partial charge in [-0.1, -0.05) is 18.2 Å². The summed E-state index contributed by atoms with van der Waals surface area (Å²) in [6.07, 6.45) is 6.04. The number of aromatic nitrogens is 3. The van der Waals surface area contributed by atoms with Gasteiger partial charge in [0.2, 0.25) is 0 Å². The summed E-state index contributed by atoms with van der Waals surface area (Å²) in [7, 11) is 0. The Kier molecular flexibility index (Phi) is 4.01. The standard InChI is InChI=1S/C16H14N4O3/c21-15(14-9-17-5-6-18-14)20-13(16(22)23)7-10-8-19-12-4-2-1-3-11(10)12/h1-6,8-9,13,19H,7H2,(H,20,21)(H,22,23). The number of carboxylic acids is 1. The maximum Gasteiger partial charge on any atom is 0.326 e. The zero-order chi connectivity index (χ0) is 16.2. The van der Waals surface area contributed by atoms with Crippen LogP contribution >= 0.6 is 0 Å². The van der Waals surface area contributed by atoms with E-state index in [4.69, 9.17) is 0 Å². The Morgan fingerprint density at radius 1 is 1.26 bits per heavy atom. The fourth-order valence-corrected chi connectivity index (χ4v) is 2.37. The minimum atomic E-state index is -1.10. The molecule has 2 aromatic heterocycles. The van der Waals surface area contributed by atoms with E-state index in [1.54, 1.807) is 6.20 Å². The number of benzene rings is 1. The molecule has 7 nitrogen and oxygen atoms in total. The van der Waals surface area contributed by atoms with Gasteiger partial charge in [-0.25, -0.2) is 9.78 Å². The molecule has 7 heteroatoms. The SMILES string of the molecule is O=C(NC(Cc1c[nH]c2ccccc12)C(=O)O)c1cnccn1. The van der Waals surface area contributed by atoms with Crippen LogP contribution in [0, 0.1) is 0 Å². The van der Waals surface area contributed by atoms with Crippen molar-refractivity contribution in [3.05, 3.63) is 60.3 Å². The Morgan fingerprint density at radius 3 is 2.83 bits per heavy atom. The monoisotopic (exact) mass is 310 g/mol. The molecule has 1 aromatic carbocycles. The van der Waals surface area contributed by atoms with Gasteiger partial charge in [-0.05, 0) is 11.6 Å². The zero-order valence-electron chi connectivity index (χ0n) is 12.1. The van der Waals surface area contributed by atoms with Crippen molar-refractivity contribution in [3.8, 4) is 0 Å². The smallest absolute Gasteiger partial charge is 0.326 e. The summed E-state index contributed by atoms with van der Waals surface area (Å²) in [5.74, 6) is -1.67. The number of rotatable bonds is 5. The number of para-hydroxylation sites is 1.